The minimum Gasteiger partial charge on any atom is -0.485 e. The van der Waals surface area contributed by atoms with Crippen molar-refractivity contribution in [1.29, 1.82) is 0 Å². The van der Waals surface area contributed by atoms with Gasteiger partial charge in [0.05, 0.1) is 25.1 Å². The molecule has 1 amide bonds. The fourth-order valence-corrected chi connectivity index (χ4v) is 4.24. The lowest BCUT2D eigenvalue weighted by Gasteiger charge is -2.34. The van der Waals surface area contributed by atoms with Crippen molar-refractivity contribution in [1.82, 2.24) is 10.2 Å². The Morgan fingerprint density at radius 3 is 3.00 bits per heavy atom. The Morgan fingerprint density at radius 2 is 2.16 bits per heavy atom. The van der Waals surface area contributed by atoms with Gasteiger partial charge in [-0.25, -0.2) is 0 Å². The van der Waals surface area contributed by atoms with Crippen molar-refractivity contribution in [3.05, 3.63) is 52.2 Å². The van der Waals surface area contributed by atoms with E-state index in [1.807, 2.05) is 41.8 Å². The average Bonchev–Trinajstić information content (AvgIpc) is 3.24. The van der Waals surface area contributed by atoms with Gasteiger partial charge in [-0.1, -0.05) is 18.2 Å². The fraction of sp³-hybridized carbons (Fsp3) is 0.368. The number of carbonyl (C=O) groups excluding carboxylic acids is 2. The number of ether oxygens (including phenoxy) is 1. The van der Waals surface area contributed by atoms with Crippen LogP contribution in [0.2, 0.25) is 0 Å². The summed E-state index contributed by atoms with van der Waals surface area (Å²) in [6.07, 6.45) is 1.16. The van der Waals surface area contributed by atoms with Crippen LogP contribution in [0.15, 0.2) is 41.8 Å². The number of likely N-dealkylation sites (tertiary alicyclic amines) is 1. The number of hydrogen-bond donors (Lipinski definition) is 1. The molecule has 25 heavy (non-hydrogen) atoms. The van der Waals surface area contributed by atoms with Gasteiger partial charge in [0.2, 0.25) is 5.91 Å². The van der Waals surface area contributed by atoms with Gasteiger partial charge in [0.15, 0.2) is 5.78 Å². The summed E-state index contributed by atoms with van der Waals surface area (Å²) in [5.41, 5.74) is 0.180. The molecular formula is C19H20N2O3S. The van der Waals surface area contributed by atoms with Crippen molar-refractivity contribution < 1.29 is 14.3 Å². The molecule has 6 heteroatoms. The van der Waals surface area contributed by atoms with Crippen LogP contribution in [0.5, 0.6) is 5.75 Å². The van der Waals surface area contributed by atoms with Gasteiger partial charge in [-0.2, -0.15) is 0 Å². The molecule has 0 radical (unpaired) electrons. The Kier molecular flexibility index (Phi) is 4.31. The molecule has 1 fully saturated rings. The summed E-state index contributed by atoms with van der Waals surface area (Å²) in [6.45, 7) is 2.28. The predicted molar refractivity (Wildman–Crippen MR) is 96.0 cm³/mol. The average molecular weight is 356 g/mol. The first-order valence-electron chi connectivity index (χ1n) is 8.46. The Hall–Kier alpha value is -2.18. The summed E-state index contributed by atoms with van der Waals surface area (Å²) in [6, 6.07) is 11.4. The third kappa shape index (κ3) is 3.45. The van der Waals surface area contributed by atoms with Crippen molar-refractivity contribution >= 4 is 23.0 Å². The normalized spacial score (nSPS) is 22.6. The summed E-state index contributed by atoms with van der Waals surface area (Å²) < 4.78 is 6.19. The monoisotopic (exact) mass is 356 g/mol. The van der Waals surface area contributed by atoms with Crippen LogP contribution in [0.1, 0.15) is 28.1 Å². The van der Waals surface area contributed by atoms with E-state index < -0.39 is 5.60 Å². The van der Waals surface area contributed by atoms with E-state index in [9.17, 15) is 9.59 Å². The summed E-state index contributed by atoms with van der Waals surface area (Å²) in [4.78, 5) is 27.8. The maximum absolute atomic E-state index is 12.4. The second-order valence-corrected chi connectivity index (χ2v) is 7.73. The molecule has 2 aliphatic rings. The standard InChI is InChI=1S/C19H20N2O3S/c22-16-10-19(24-17-6-2-1-5-15(16)17)7-8-21(13-19)12-18(23)20-11-14-4-3-9-25-14/h1-6,9H,7-8,10-13H2,(H,20,23)/t19-/m1/s1. The van der Waals surface area contributed by atoms with Crippen LogP contribution in [0.3, 0.4) is 0 Å². The predicted octanol–water partition coefficient (Wildman–Crippen LogP) is 2.47. The number of amides is 1. The van der Waals surface area contributed by atoms with Crippen LogP contribution in [0.4, 0.5) is 0 Å². The van der Waals surface area contributed by atoms with Gasteiger partial charge in [0, 0.05) is 24.4 Å². The van der Waals surface area contributed by atoms with Gasteiger partial charge in [-0.05, 0) is 23.6 Å². The van der Waals surface area contributed by atoms with Gasteiger partial charge in [0.25, 0.3) is 0 Å². The van der Waals surface area contributed by atoms with Gasteiger partial charge in [0.1, 0.15) is 11.4 Å². The molecule has 1 N–H and O–H groups in total. The number of hydrogen-bond acceptors (Lipinski definition) is 5. The molecule has 130 valence electrons. The molecule has 0 saturated carbocycles. The van der Waals surface area contributed by atoms with E-state index in [1.165, 1.54) is 0 Å². The molecule has 1 aromatic heterocycles. The lowest BCUT2D eigenvalue weighted by molar-refractivity contribution is -0.122. The minimum atomic E-state index is -0.487. The smallest absolute Gasteiger partial charge is 0.234 e. The van der Waals surface area contributed by atoms with E-state index in [1.54, 1.807) is 11.3 Å². The molecule has 0 aliphatic carbocycles. The minimum absolute atomic E-state index is 0.00739. The van der Waals surface area contributed by atoms with Gasteiger partial charge < -0.3 is 10.1 Å². The summed E-state index contributed by atoms with van der Waals surface area (Å²) in [5, 5.41) is 4.95. The Labute approximate surface area is 150 Å². The zero-order chi connectivity index (χ0) is 17.3. The van der Waals surface area contributed by atoms with Crippen LogP contribution in [-0.2, 0) is 11.3 Å². The molecule has 0 unspecified atom stereocenters. The van der Waals surface area contributed by atoms with E-state index >= 15 is 0 Å². The first-order valence-corrected chi connectivity index (χ1v) is 9.34. The van der Waals surface area contributed by atoms with E-state index in [2.05, 4.69) is 10.2 Å². The topological polar surface area (TPSA) is 58.6 Å². The Bertz CT molecular complexity index is 790. The number of fused-ring (bicyclic) bond motifs is 1. The highest BCUT2D eigenvalue weighted by molar-refractivity contribution is 7.09. The number of nitrogens with zero attached hydrogens (tertiary/aromatic N) is 1. The molecule has 3 heterocycles. The number of para-hydroxylation sites is 1. The van der Waals surface area contributed by atoms with Gasteiger partial charge in [-0.3, -0.25) is 14.5 Å². The maximum atomic E-state index is 12.4. The molecule has 4 rings (SSSR count). The Morgan fingerprint density at radius 1 is 1.28 bits per heavy atom. The molecule has 1 spiro atoms. The lowest BCUT2D eigenvalue weighted by Crippen LogP contribution is -2.45. The van der Waals surface area contributed by atoms with E-state index in [-0.39, 0.29) is 11.7 Å². The van der Waals surface area contributed by atoms with Crippen LogP contribution in [0.25, 0.3) is 0 Å². The molecule has 0 bridgehead atoms. The first kappa shape index (κ1) is 16.3. The van der Waals surface area contributed by atoms with Crippen LogP contribution < -0.4 is 10.1 Å². The van der Waals surface area contributed by atoms with E-state index in [0.29, 0.717) is 37.4 Å². The number of nitrogens with one attached hydrogen (secondary N) is 1. The molecule has 1 saturated heterocycles. The molecule has 2 aliphatic heterocycles. The fourth-order valence-electron chi connectivity index (χ4n) is 3.59. The maximum Gasteiger partial charge on any atom is 0.234 e. The molecule has 1 atom stereocenters. The molecule has 1 aromatic carbocycles. The number of thiophene rings is 1. The third-order valence-electron chi connectivity index (χ3n) is 4.80. The zero-order valence-electron chi connectivity index (χ0n) is 13.9. The number of rotatable bonds is 4. The Balaban J connectivity index is 1.35. The van der Waals surface area contributed by atoms with Gasteiger partial charge in [-0.15, -0.1) is 11.3 Å². The number of benzene rings is 1. The van der Waals surface area contributed by atoms with Gasteiger partial charge >= 0.3 is 0 Å². The largest absolute Gasteiger partial charge is 0.485 e. The summed E-state index contributed by atoms with van der Waals surface area (Å²) >= 11 is 1.63. The molecular weight excluding hydrogens is 336 g/mol. The van der Waals surface area contributed by atoms with Crippen LogP contribution in [0, 0.1) is 0 Å². The highest BCUT2D eigenvalue weighted by Crippen LogP contribution is 2.38. The molecule has 2 aromatic rings. The quantitative estimate of drug-likeness (QED) is 0.914. The number of Topliss-reactive ketones (excluding diaryl/α,β-unsaturated/α-hetero) is 1. The molecule has 5 nitrogen and oxygen atoms in total. The van der Waals surface area contributed by atoms with Crippen molar-refractivity contribution in [3.63, 3.8) is 0 Å². The number of ketones is 1. The second kappa shape index (κ2) is 6.61. The van der Waals surface area contributed by atoms with Crippen molar-refractivity contribution in [2.75, 3.05) is 19.6 Å². The first-order chi connectivity index (χ1) is 12.1. The van der Waals surface area contributed by atoms with Crippen LogP contribution >= 0.6 is 11.3 Å². The second-order valence-electron chi connectivity index (χ2n) is 6.70. The van der Waals surface area contributed by atoms with Crippen molar-refractivity contribution in [2.45, 2.75) is 25.0 Å². The highest BCUT2D eigenvalue weighted by Gasteiger charge is 2.45. The summed E-state index contributed by atoms with van der Waals surface area (Å²) in [5.74, 6) is 0.807. The lowest BCUT2D eigenvalue weighted by atomic mass is 9.89. The van der Waals surface area contributed by atoms with Crippen molar-refractivity contribution in [2.24, 2.45) is 0 Å². The van der Waals surface area contributed by atoms with E-state index in [0.717, 1.165) is 17.8 Å². The van der Waals surface area contributed by atoms with Crippen molar-refractivity contribution in [3.8, 4) is 5.75 Å². The van der Waals surface area contributed by atoms with Crippen LogP contribution in [-0.4, -0.2) is 41.8 Å². The third-order valence-corrected chi connectivity index (χ3v) is 5.68. The summed E-state index contributed by atoms with van der Waals surface area (Å²) in [7, 11) is 0. The zero-order valence-corrected chi connectivity index (χ0v) is 14.7. The highest BCUT2D eigenvalue weighted by atomic mass is 32.1. The number of carbonyl (C=O) groups is 2. The SMILES string of the molecule is O=C(CN1CC[C@@]2(CC(=O)c3ccccc3O2)C1)NCc1cccs1. The van der Waals surface area contributed by atoms with E-state index in [4.69, 9.17) is 4.74 Å².